The monoisotopic (exact) mass is 521 g/mol. The third kappa shape index (κ3) is 13.0. The maximum absolute atomic E-state index is 12.4. The fourth-order valence-electron chi connectivity index (χ4n) is 4.79. The largest absolute Gasteiger partial charge is 0.481 e. The van der Waals surface area contributed by atoms with Crippen molar-refractivity contribution in [2.24, 2.45) is 17.4 Å². The lowest BCUT2D eigenvalue weighted by molar-refractivity contribution is -0.145. The second-order valence-corrected chi connectivity index (χ2v) is 9.97. The lowest BCUT2D eigenvalue weighted by atomic mass is 9.86. The first-order valence-corrected chi connectivity index (χ1v) is 13.7. The molecule has 0 heterocycles. The van der Waals surface area contributed by atoms with Gasteiger partial charge in [-0.25, -0.2) is 4.79 Å². The van der Waals surface area contributed by atoms with Gasteiger partial charge >= 0.3 is 17.9 Å². The highest BCUT2D eigenvalue weighted by Gasteiger charge is 2.33. The van der Waals surface area contributed by atoms with E-state index in [9.17, 15) is 29.7 Å². The van der Waals surface area contributed by atoms with E-state index in [4.69, 9.17) is 11.5 Å². The molecule has 0 aliphatic heterocycles. The van der Waals surface area contributed by atoms with Gasteiger partial charge in [0.05, 0.1) is 11.5 Å². The normalized spacial score (nSPS) is 14.6. The van der Waals surface area contributed by atoms with Crippen molar-refractivity contribution in [2.75, 3.05) is 6.54 Å². The summed E-state index contributed by atoms with van der Waals surface area (Å²) in [5.74, 6) is -4.00. The second kappa shape index (κ2) is 18.7. The molecule has 0 aromatic heterocycles. The average Bonchev–Trinajstić information content (AvgIpc) is 2.85. The summed E-state index contributed by atoms with van der Waals surface area (Å²) in [4.78, 5) is 35.9. The Hall–Kier alpha value is -2.49. The van der Waals surface area contributed by atoms with Gasteiger partial charge in [0.1, 0.15) is 6.04 Å². The number of hydrogen-bond donors (Lipinski definition) is 6. The molecule has 0 spiro atoms. The number of carboxylic acids is 3. The minimum Gasteiger partial charge on any atom is -0.481 e. The predicted molar refractivity (Wildman–Crippen MR) is 145 cm³/mol. The maximum atomic E-state index is 12.4. The van der Waals surface area contributed by atoms with Crippen LogP contribution in [0.4, 0.5) is 0 Å². The van der Waals surface area contributed by atoms with Crippen molar-refractivity contribution in [1.29, 1.82) is 0 Å². The van der Waals surface area contributed by atoms with Crippen molar-refractivity contribution in [3.8, 4) is 0 Å². The number of hydrogen-bond acceptors (Lipinski definition) is 6. The van der Waals surface area contributed by atoms with Crippen molar-refractivity contribution >= 4 is 17.9 Å². The van der Waals surface area contributed by atoms with Crippen LogP contribution < -0.4 is 16.8 Å². The molecule has 0 aliphatic rings. The number of benzene rings is 1. The number of carbonyl (C=O) groups is 3. The zero-order valence-corrected chi connectivity index (χ0v) is 22.2. The average molecular weight is 522 g/mol. The van der Waals surface area contributed by atoms with E-state index >= 15 is 0 Å². The number of carboxylic acid groups (broad SMARTS) is 3. The van der Waals surface area contributed by atoms with E-state index in [1.165, 1.54) is 25.3 Å². The maximum Gasteiger partial charge on any atom is 0.335 e. The minimum absolute atomic E-state index is 0.104. The van der Waals surface area contributed by atoms with E-state index in [2.05, 4.69) is 12.2 Å². The van der Waals surface area contributed by atoms with Crippen LogP contribution in [-0.2, 0) is 16.0 Å². The summed E-state index contributed by atoms with van der Waals surface area (Å²) < 4.78 is 0. The summed E-state index contributed by atoms with van der Waals surface area (Å²) in [6, 6.07) is 4.53. The first-order chi connectivity index (χ1) is 17.7. The SMILES string of the molecule is CCCCCCCCCC(N[C@@H](CCCCN)C(=O)O)C(C[C@@H](N)Cc1ccccc1C(=O)O)C(=O)O. The lowest BCUT2D eigenvalue weighted by Crippen LogP contribution is -2.50. The Kier molecular flexibility index (Phi) is 16.5. The first-order valence-electron chi connectivity index (χ1n) is 13.7. The van der Waals surface area contributed by atoms with Crippen molar-refractivity contribution in [3.63, 3.8) is 0 Å². The van der Waals surface area contributed by atoms with Gasteiger partial charge in [-0.05, 0) is 50.3 Å². The molecule has 37 heavy (non-hydrogen) atoms. The van der Waals surface area contributed by atoms with Gasteiger partial charge in [0.2, 0.25) is 0 Å². The molecule has 0 bridgehead atoms. The van der Waals surface area contributed by atoms with Crippen molar-refractivity contribution < 1.29 is 29.7 Å². The molecule has 1 rings (SSSR count). The molecule has 4 atom stereocenters. The minimum atomic E-state index is -1.06. The van der Waals surface area contributed by atoms with Gasteiger partial charge in [0.15, 0.2) is 0 Å². The third-order valence-electron chi connectivity index (χ3n) is 6.87. The van der Waals surface area contributed by atoms with Crippen LogP contribution in [0.3, 0.4) is 0 Å². The van der Waals surface area contributed by atoms with Crippen LogP contribution in [-0.4, -0.2) is 57.9 Å². The van der Waals surface area contributed by atoms with Crippen LogP contribution in [0.2, 0.25) is 0 Å². The second-order valence-electron chi connectivity index (χ2n) is 9.97. The van der Waals surface area contributed by atoms with E-state index in [0.29, 0.717) is 37.8 Å². The van der Waals surface area contributed by atoms with Gasteiger partial charge in [0, 0.05) is 12.1 Å². The molecule has 210 valence electrons. The fraction of sp³-hybridized carbons (Fsp3) is 0.679. The molecule has 9 nitrogen and oxygen atoms in total. The molecule has 0 saturated carbocycles. The summed E-state index contributed by atoms with van der Waals surface area (Å²) in [5, 5.41) is 32.5. The molecule has 0 amide bonds. The van der Waals surface area contributed by atoms with Gasteiger partial charge in [-0.3, -0.25) is 9.59 Å². The Morgan fingerprint density at radius 3 is 2.08 bits per heavy atom. The molecule has 9 heteroatoms. The lowest BCUT2D eigenvalue weighted by Gasteiger charge is -2.30. The molecule has 0 fully saturated rings. The summed E-state index contributed by atoms with van der Waals surface area (Å²) >= 11 is 0. The first kappa shape index (κ1) is 32.5. The predicted octanol–water partition coefficient (Wildman–Crippen LogP) is 4.03. The number of nitrogens with two attached hydrogens (primary N) is 2. The summed E-state index contributed by atoms with van der Waals surface area (Å²) in [5.41, 5.74) is 12.6. The van der Waals surface area contributed by atoms with Crippen LogP contribution in [0.5, 0.6) is 0 Å². The van der Waals surface area contributed by atoms with Gasteiger partial charge in [-0.1, -0.05) is 76.5 Å². The summed E-state index contributed by atoms with van der Waals surface area (Å²) in [7, 11) is 0. The van der Waals surface area contributed by atoms with E-state index in [1.54, 1.807) is 18.2 Å². The van der Waals surface area contributed by atoms with Crippen molar-refractivity contribution in [2.45, 2.75) is 109 Å². The van der Waals surface area contributed by atoms with Crippen LogP contribution in [0.15, 0.2) is 24.3 Å². The number of nitrogens with one attached hydrogen (secondary N) is 1. The molecule has 8 N–H and O–H groups in total. The molecule has 1 aromatic rings. The van der Waals surface area contributed by atoms with Gasteiger partial charge in [-0.2, -0.15) is 0 Å². The molecule has 0 radical (unpaired) electrons. The van der Waals surface area contributed by atoms with E-state index in [-0.39, 0.29) is 18.4 Å². The Morgan fingerprint density at radius 1 is 0.865 bits per heavy atom. The third-order valence-corrected chi connectivity index (χ3v) is 6.87. The van der Waals surface area contributed by atoms with Crippen molar-refractivity contribution in [3.05, 3.63) is 35.4 Å². The molecule has 0 aliphatic carbocycles. The molecular formula is C28H47N3O6. The zero-order valence-electron chi connectivity index (χ0n) is 22.2. The molecule has 1 aromatic carbocycles. The number of aromatic carboxylic acids is 1. The molecule has 2 unspecified atom stereocenters. The van der Waals surface area contributed by atoms with Gasteiger partial charge < -0.3 is 32.1 Å². The fourth-order valence-corrected chi connectivity index (χ4v) is 4.79. The zero-order chi connectivity index (χ0) is 27.6. The van der Waals surface area contributed by atoms with Crippen LogP contribution >= 0.6 is 0 Å². The Labute approximate surface area is 221 Å². The van der Waals surface area contributed by atoms with Crippen LogP contribution in [0.1, 0.15) is 99.9 Å². The highest BCUT2D eigenvalue weighted by atomic mass is 16.4. The van der Waals surface area contributed by atoms with E-state index < -0.39 is 42.0 Å². The Morgan fingerprint density at radius 2 is 1.49 bits per heavy atom. The standard InChI is InChI=1S/C28H47N3O6/c1-2-3-4-5-6-7-8-15-24(31-25(28(36)37)16-11-12-17-29)23(27(34)35)19-21(30)18-20-13-9-10-14-22(20)26(32)33/h9-10,13-14,21,23-25,31H,2-8,11-12,15-19,29-30H2,1H3,(H,32,33)(H,34,35)(H,36,37)/t21-,23?,24?,25-/m0/s1. The van der Waals surface area contributed by atoms with E-state index in [0.717, 1.165) is 25.7 Å². The number of rotatable bonds is 22. The van der Waals surface area contributed by atoms with Gasteiger partial charge in [-0.15, -0.1) is 0 Å². The molecule has 0 saturated heterocycles. The van der Waals surface area contributed by atoms with Crippen molar-refractivity contribution in [1.82, 2.24) is 5.32 Å². The van der Waals surface area contributed by atoms with Crippen LogP contribution in [0, 0.1) is 5.92 Å². The highest BCUT2D eigenvalue weighted by Crippen LogP contribution is 2.22. The number of unbranched alkanes of at least 4 members (excludes halogenated alkanes) is 7. The molecular weight excluding hydrogens is 474 g/mol. The summed E-state index contributed by atoms with van der Waals surface area (Å²) in [6.45, 7) is 2.64. The quantitative estimate of drug-likeness (QED) is 0.123. The van der Waals surface area contributed by atoms with Gasteiger partial charge in [0.25, 0.3) is 0 Å². The highest BCUT2D eigenvalue weighted by molar-refractivity contribution is 5.89. The van der Waals surface area contributed by atoms with Crippen LogP contribution in [0.25, 0.3) is 0 Å². The van der Waals surface area contributed by atoms with E-state index in [1.807, 2.05) is 0 Å². The Balaban J connectivity index is 2.97. The number of aliphatic carboxylic acids is 2. The topological polar surface area (TPSA) is 176 Å². The summed E-state index contributed by atoms with van der Waals surface area (Å²) in [6.07, 6.45) is 10.1. The Bertz CT molecular complexity index is 819. The smallest absolute Gasteiger partial charge is 0.335 e.